The molecule has 3 heteroatoms. The van der Waals surface area contributed by atoms with Crippen molar-refractivity contribution in [3.63, 3.8) is 0 Å². The molecule has 30 heavy (non-hydrogen) atoms. The molecule has 3 rings (SSSR count). The Bertz CT molecular complexity index is 892. The van der Waals surface area contributed by atoms with Crippen molar-refractivity contribution in [2.75, 3.05) is 7.11 Å². The van der Waals surface area contributed by atoms with Gasteiger partial charge in [0.15, 0.2) is 0 Å². The molecule has 3 aromatic carbocycles. The molecule has 0 radical (unpaired) electrons. The van der Waals surface area contributed by atoms with Gasteiger partial charge in [-0.2, -0.15) is 5.26 Å². The van der Waals surface area contributed by atoms with Gasteiger partial charge in [0.25, 0.3) is 0 Å². The van der Waals surface area contributed by atoms with E-state index < -0.39 is 0 Å². The largest absolute Gasteiger partial charge is 0.497 e. The molecule has 0 aromatic heterocycles. The minimum absolute atomic E-state index is 0. The molecule has 160 valence electrons. The lowest BCUT2D eigenvalue weighted by atomic mass is 10.0. The average molecular weight is 406 g/mol. The van der Waals surface area contributed by atoms with Crippen LogP contribution in [0.3, 0.4) is 0 Å². The molecular formula is C27H35NO2. The minimum atomic E-state index is 0. The zero-order valence-corrected chi connectivity index (χ0v) is 18.3. The van der Waals surface area contributed by atoms with Crippen LogP contribution >= 0.6 is 0 Å². The van der Waals surface area contributed by atoms with Gasteiger partial charge in [-0.3, -0.25) is 0 Å². The lowest BCUT2D eigenvalue weighted by Crippen LogP contribution is -1.92. The number of benzene rings is 3. The Kier molecular flexibility index (Phi) is 13.1. The summed E-state index contributed by atoms with van der Waals surface area (Å²) in [5, 5.41) is 9.28. The second-order valence-electron chi connectivity index (χ2n) is 5.83. The summed E-state index contributed by atoms with van der Waals surface area (Å²) >= 11 is 0. The summed E-state index contributed by atoms with van der Waals surface area (Å²) in [6.07, 6.45) is 0.845. The highest BCUT2D eigenvalue weighted by Gasteiger charge is 2.07. The monoisotopic (exact) mass is 405 g/mol. The van der Waals surface area contributed by atoms with Gasteiger partial charge in [-0.15, -0.1) is 0 Å². The predicted molar refractivity (Wildman–Crippen MR) is 128 cm³/mol. The maximum absolute atomic E-state index is 9.28. The molecule has 0 amide bonds. The topological polar surface area (TPSA) is 42.2 Å². The van der Waals surface area contributed by atoms with Crippen LogP contribution in [0.1, 0.15) is 57.4 Å². The first-order chi connectivity index (χ1) is 14.2. The summed E-state index contributed by atoms with van der Waals surface area (Å²) in [6.45, 7) is 9.91. The molecule has 0 saturated heterocycles. The Balaban J connectivity index is 0.00000159. The first-order valence-electron chi connectivity index (χ1n) is 10.1. The highest BCUT2D eigenvalue weighted by atomic mass is 16.5. The Morgan fingerprint density at radius 2 is 1.27 bits per heavy atom. The highest BCUT2D eigenvalue weighted by molar-refractivity contribution is 5.50. The first-order valence-corrected chi connectivity index (χ1v) is 10.1. The van der Waals surface area contributed by atoms with E-state index in [1.54, 1.807) is 7.11 Å². The fraction of sp³-hybridized carbons (Fsp3) is 0.296. The van der Waals surface area contributed by atoms with Gasteiger partial charge in [0.1, 0.15) is 23.3 Å². The van der Waals surface area contributed by atoms with Gasteiger partial charge in [-0.05, 0) is 60.4 Å². The van der Waals surface area contributed by atoms with Crippen LogP contribution in [-0.4, -0.2) is 7.11 Å². The molecule has 0 spiro atoms. The number of nitriles is 1. The first kappa shape index (κ1) is 26.8. The normalized spacial score (nSPS) is 8.83. The maximum Gasteiger partial charge on any atom is 0.145 e. The van der Waals surface area contributed by atoms with Gasteiger partial charge >= 0.3 is 0 Å². The summed E-state index contributed by atoms with van der Waals surface area (Å²) in [4.78, 5) is 0. The van der Waals surface area contributed by atoms with Gasteiger partial charge in [-0.1, -0.05) is 71.5 Å². The van der Waals surface area contributed by atoms with E-state index in [0.29, 0.717) is 11.3 Å². The molecule has 0 aliphatic rings. The molecule has 3 nitrogen and oxygen atoms in total. The molecule has 0 N–H and O–H groups in total. The zero-order valence-electron chi connectivity index (χ0n) is 18.3. The lowest BCUT2D eigenvalue weighted by Gasteiger charge is -2.10. The highest BCUT2D eigenvalue weighted by Crippen LogP contribution is 2.27. The van der Waals surface area contributed by atoms with Crippen LogP contribution in [0.15, 0.2) is 66.7 Å². The third kappa shape index (κ3) is 7.64. The molecular weight excluding hydrogens is 370 g/mol. The van der Waals surface area contributed by atoms with Crippen molar-refractivity contribution in [3.8, 4) is 23.3 Å². The van der Waals surface area contributed by atoms with E-state index in [1.165, 1.54) is 11.1 Å². The van der Waals surface area contributed by atoms with Crippen molar-refractivity contribution in [1.82, 2.24) is 0 Å². The Labute approximate surface area is 182 Å². The van der Waals surface area contributed by atoms with E-state index in [-0.39, 0.29) is 7.43 Å². The van der Waals surface area contributed by atoms with Crippen LogP contribution in [0.4, 0.5) is 0 Å². The number of ether oxygens (including phenoxy) is 2. The van der Waals surface area contributed by atoms with Gasteiger partial charge in [-0.25, -0.2) is 0 Å². The van der Waals surface area contributed by atoms with Crippen molar-refractivity contribution in [2.45, 2.75) is 48.5 Å². The Hall–Kier alpha value is -3.25. The van der Waals surface area contributed by atoms with Crippen molar-refractivity contribution in [1.29, 1.82) is 5.26 Å². The second-order valence-corrected chi connectivity index (χ2v) is 5.83. The number of rotatable bonds is 5. The molecule has 0 aliphatic heterocycles. The molecule has 0 heterocycles. The van der Waals surface area contributed by atoms with Gasteiger partial charge < -0.3 is 9.47 Å². The number of methoxy groups -OCH3 is 1. The summed E-state index contributed by atoms with van der Waals surface area (Å²) in [6, 6.07) is 23.8. The molecule has 0 bridgehead atoms. The molecule has 0 aliphatic carbocycles. The lowest BCUT2D eigenvalue weighted by molar-refractivity contribution is 0.414. The van der Waals surface area contributed by atoms with Gasteiger partial charge in [0.2, 0.25) is 0 Å². The summed E-state index contributed by atoms with van der Waals surface area (Å²) < 4.78 is 11.1. The van der Waals surface area contributed by atoms with Crippen LogP contribution < -0.4 is 9.47 Å². The van der Waals surface area contributed by atoms with Crippen molar-refractivity contribution in [2.24, 2.45) is 0 Å². The molecule has 0 fully saturated rings. The van der Waals surface area contributed by atoms with Crippen LogP contribution in [0.25, 0.3) is 0 Å². The second kappa shape index (κ2) is 14.7. The third-order valence-electron chi connectivity index (χ3n) is 4.06. The quantitative estimate of drug-likeness (QED) is 0.432. The van der Waals surface area contributed by atoms with Crippen molar-refractivity contribution < 1.29 is 9.47 Å². The number of hydrogen-bond donors (Lipinski definition) is 0. The maximum atomic E-state index is 9.28. The molecule has 0 saturated carbocycles. The van der Waals surface area contributed by atoms with E-state index in [4.69, 9.17) is 9.47 Å². The number of nitrogens with zero attached hydrogens (tertiary/aromatic N) is 1. The van der Waals surface area contributed by atoms with Crippen molar-refractivity contribution >= 4 is 0 Å². The molecule has 0 atom stereocenters. The summed E-state index contributed by atoms with van der Waals surface area (Å²) in [7, 11) is 1.67. The van der Waals surface area contributed by atoms with Crippen LogP contribution in [0, 0.1) is 18.3 Å². The van der Waals surface area contributed by atoms with Crippen LogP contribution in [0.5, 0.6) is 17.2 Å². The summed E-state index contributed by atoms with van der Waals surface area (Å²) in [5.74, 6) is 2.17. The Morgan fingerprint density at radius 3 is 1.73 bits per heavy atom. The van der Waals surface area contributed by atoms with Gasteiger partial charge in [0, 0.05) is 0 Å². The van der Waals surface area contributed by atoms with E-state index in [9.17, 15) is 5.26 Å². The minimum Gasteiger partial charge on any atom is -0.497 e. The van der Waals surface area contributed by atoms with E-state index in [2.05, 4.69) is 18.2 Å². The number of hydrogen-bond acceptors (Lipinski definition) is 3. The molecule has 0 unspecified atom stereocenters. The predicted octanol–water partition coefficient (Wildman–Crippen LogP) is 7.95. The fourth-order valence-corrected chi connectivity index (χ4v) is 2.65. The van der Waals surface area contributed by atoms with Crippen LogP contribution in [-0.2, 0) is 6.42 Å². The van der Waals surface area contributed by atoms with Crippen molar-refractivity contribution in [3.05, 3.63) is 89.0 Å². The molecule has 3 aromatic rings. The standard InChI is InChI=1S/C22H19NO2.2C2H6.CH4/c1-16-4-3-5-22(21(16)15-23)25-20-12-8-18(9-13-20)14-17-6-10-19(24-2)11-7-17;2*1-2;/h3-13H,14H2,1-2H3;2*1-2H3;1H4. The van der Waals surface area contributed by atoms with E-state index in [0.717, 1.165) is 23.5 Å². The average Bonchev–Trinajstić information content (AvgIpc) is 2.78. The Morgan fingerprint density at radius 1 is 0.767 bits per heavy atom. The smallest absolute Gasteiger partial charge is 0.145 e. The van der Waals surface area contributed by atoms with Gasteiger partial charge in [0.05, 0.1) is 12.7 Å². The number of aryl methyl sites for hydroxylation is 1. The SMILES string of the molecule is C.CC.CC.COc1ccc(Cc2ccc(Oc3cccc(C)c3C#N)cc2)cc1. The van der Waals surface area contributed by atoms with Crippen LogP contribution in [0.2, 0.25) is 0 Å². The third-order valence-corrected chi connectivity index (χ3v) is 4.06. The summed E-state index contributed by atoms with van der Waals surface area (Å²) in [5.41, 5.74) is 3.91. The van der Waals surface area contributed by atoms with E-state index >= 15 is 0 Å². The van der Waals surface area contributed by atoms with E-state index in [1.807, 2.05) is 89.2 Å². The zero-order chi connectivity index (χ0) is 21.6. The fourth-order valence-electron chi connectivity index (χ4n) is 2.65.